The van der Waals surface area contributed by atoms with E-state index in [4.69, 9.17) is 14.2 Å². The van der Waals surface area contributed by atoms with E-state index in [1.54, 1.807) is 0 Å². The van der Waals surface area contributed by atoms with Crippen LogP contribution in [0.2, 0.25) is 0 Å². The zero-order chi connectivity index (χ0) is 46.3. The van der Waals surface area contributed by atoms with Crippen molar-refractivity contribution in [3.8, 4) is 0 Å². The van der Waals surface area contributed by atoms with Gasteiger partial charge in [0.25, 0.3) is 0 Å². The van der Waals surface area contributed by atoms with Crippen molar-refractivity contribution in [3.05, 3.63) is 0 Å². The van der Waals surface area contributed by atoms with E-state index >= 15 is 0 Å². The van der Waals surface area contributed by atoms with Crippen molar-refractivity contribution in [2.75, 3.05) is 13.2 Å². The largest absolute Gasteiger partial charge is 0.462 e. The van der Waals surface area contributed by atoms with Crippen molar-refractivity contribution >= 4 is 17.9 Å². The summed E-state index contributed by atoms with van der Waals surface area (Å²) >= 11 is 0. The van der Waals surface area contributed by atoms with Gasteiger partial charge in [-0.2, -0.15) is 0 Å². The summed E-state index contributed by atoms with van der Waals surface area (Å²) in [5, 5.41) is 0. The summed E-state index contributed by atoms with van der Waals surface area (Å²) in [6.45, 7) is 13.7. The lowest BCUT2D eigenvalue weighted by Crippen LogP contribution is -2.30. The van der Waals surface area contributed by atoms with Crippen LogP contribution in [0.15, 0.2) is 0 Å². The van der Waals surface area contributed by atoms with Gasteiger partial charge in [-0.05, 0) is 37.0 Å². The molecule has 374 valence electrons. The van der Waals surface area contributed by atoms with E-state index in [9.17, 15) is 14.4 Å². The molecule has 0 aromatic carbocycles. The van der Waals surface area contributed by atoms with E-state index in [1.807, 2.05) is 0 Å². The number of carbonyl (C=O) groups is 3. The summed E-state index contributed by atoms with van der Waals surface area (Å²) in [6, 6.07) is 0. The molecule has 63 heavy (non-hydrogen) atoms. The maximum Gasteiger partial charge on any atom is 0.306 e. The first-order chi connectivity index (χ1) is 30.6. The number of rotatable bonds is 50. The normalized spacial score (nSPS) is 12.6. The number of hydrogen-bond donors (Lipinski definition) is 0. The quantitative estimate of drug-likeness (QED) is 0.0344. The minimum absolute atomic E-state index is 0.0643. The van der Waals surface area contributed by atoms with Crippen LogP contribution in [0.25, 0.3) is 0 Å². The molecule has 0 saturated carbocycles. The molecular weight excluding hydrogens is 781 g/mol. The van der Waals surface area contributed by atoms with Gasteiger partial charge in [0, 0.05) is 19.3 Å². The number of hydrogen-bond acceptors (Lipinski definition) is 6. The van der Waals surface area contributed by atoms with Gasteiger partial charge in [-0.1, -0.05) is 273 Å². The van der Waals surface area contributed by atoms with Crippen molar-refractivity contribution in [1.29, 1.82) is 0 Å². The monoisotopic (exact) mass is 891 g/mol. The van der Waals surface area contributed by atoms with Crippen LogP contribution in [0.5, 0.6) is 0 Å². The average molecular weight is 892 g/mol. The maximum absolute atomic E-state index is 12.8. The highest BCUT2D eigenvalue weighted by Gasteiger charge is 2.19. The Morgan fingerprint density at radius 1 is 0.317 bits per heavy atom. The molecule has 0 aliphatic rings. The van der Waals surface area contributed by atoms with E-state index in [-0.39, 0.29) is 31.1 Å². The third kappa shape index (κ3) is 49.7. The molecule has 0 aromatic rings. The molecule has 0 spiro atoms. The molecule has 1 unspecified atom stereocenters. The fourth-order valence-corrected chi connectivity index (χ4v) is 8.61. The topological polar surface area (TPSA) is 78.9 Å². The fraction of sp³-hybridized carbons (Fsp3) is 0.947. The van der Waals surface area contributed by atoms with E-state index in [0.29, 0.717) is 19.3 Å². The Morgan fingerprint density at radius 3 is 0.825 bits per heavy atom. The summed E-state index contributed by atoms with van der Waals surface area (Å²) in [6.07, 6.45) is 49.5. The van der Waals surface area contributed by atoms with Gasteiger partial charge in [-0.15, -0.1) is 0 Å². The molecular formula is C57H110O6. The highest BCUT2D eigenvalue weighted by atomic mass is 16.6. The lowest BCUT2D eigenvalue weighted by Gasteiger charge is -2.18. The Labute approximate surface area is 393 Å². The Kier molecular flexibility index (Phi) is 47.1. The van der Waals surface area contributed by atoms with Crippen molar-refractivity contribution < 1.29 is 28.6 Å². The van der Waals surface area contributed by atoms with Crippen LogP contribution >= 0.6 is 0 Å². The summed E-state index contributed by atoms with van der Waals surface area (Å²) in [4.78, 5) is 38.0. The summed E-state index contributed by atoms with van der Waals surface area (Å²) in [5.74, 6) is 1.67. The van der Waals surface area contributed by atoms with Crippen molar-refractivity contribution in [2.45, 2.75) is 317 Å². The van der Waals surface area contributed by atoms with E-state index < -0.39 is 6.10 Å². The van der Waals surface area contributed by atoms with E-state index in [2.05, 4.69) is 41.5 Å². The second kappa shape index (κ2) is 48.3. The van der Waals surface area contributed by atoms with Crippen LogP contribution in [-0.4, -0.2) is 37.2 Å². The molecule has 0 radical (unpaired) electrons. The zero-order valence-corrected chi connectivity index (χ0v) is 43.4. The van der Waals surface area contributed by atoms with Gasteiger partial charge >= 0.3 is 17.9 Å². The molecule has 0 aromatic heterocycles. The lowest BCUT2D eigenvalue weighted by molar-refractivity contribution is -0.167. The first-order valence-corrected chi connectivity index (χ1v) is 28.1. The molecule has 0 aliphatic heterocycles. The van der Waals surface area contributed by atoms with E-state index in [1.165, 1.54) is 193 Å². The molecule has 6 nitrogen and oxygen atoms in total. The fourth-order valence-electron chi connectivity index (χ4n) is 8.61. The van der Waals surface area contributed by atoms with Gasteiger partial charge in [0.2, 0.25) is 0 Å². The minimum atomic E-state index is -0.763. The van der Waals surface area contributed by atoms with Crippen molar-refractivity contribution in [1.82, 2.24) is 0 Å². The average Bonchev–Trinajstić information content (AvgIpc) is 3.25. The molecule has 0 saturated heterocycles. The third-order valence-corrected chi connectivity index (χ3v) is 13.3. The first-order valence-electron chi connectivity index (χ1n) is 28.1. The molecule has 0 aliphatic carbocycles. The predicted octanol–water partition coefficient (Wildman–Crippen LogP) is 18.3. The molecule has 6 heteroatoms. The van der Waals surface area contributed by atoms with Gasteiger partial charge in [0.1, 0.15) is 13.2 Å². The molecule has 2 atom stereocenters. The molecule has 0 N–H and O–H groups in total. The molecule has 0 bridgehead atoms. The lowest BCUT2D eigenvalue weighted by atomic mass is 9.99. The molecule has 0 heterocycles. The van der Waals surface area contributed by atoms with Gasteiger partial charge in [0.15, 0.2) is 6.10 Å². The number of carbonyl (C=O) groups excluding carboxylic acids is 3. The number of esters is 3. The maximum atomic E-state index is 12.8. The smallest absolute Gasteiger partial charge is 0.306 e. The second-order valence-corrected chi connectivity index (χ2v) is 20.8. The Morgan fingerprint density at radius 2 is 0.556 bits per heavy atom. The predicted molar refractivity (Wildman–Crippen MR) is 270 cm³/mol. The third-order valence-electron chi connectivity index (χ3n) is 13.3. The molecule has 0 amide bonds. The van der Waals surface area contributed by atoms with Crippen LogP contribution in [0, 0.1) is 17.8 Å². The van der Waals surface area contributed by atoms with Crippen LogP contribution in [0.1, 0.15) is 311 Å². The van der Waals surface area contributed by atoms with Gasteiger partial charge in [-0.3, -0.25) is 14.4 Å². The Balaban J connectivity index is 4.26. The number of ether oxygens (including phenoxy) is 3. The van der Waals surface area contributed by atoms with Gasteiger partial charge in [0.05, 0.1) is 0 Å². The van der Waals surface area contributed by atoms with Crippen LogP contribution in [0.4, 0.5) is 0 Å². The van der Waals surface area contributed by atoms with E-state index in [0.717, 1.165) is 75.5 Å². The second-order valence-electron chi connectivity index (χ2n) is 20.8. The standard InChI is InChI=1S/C57H110O6/c1-7-53(6)45-39-33-27-21-17-13-9-11-15-19-23-29-36-42-48-57(60)63-54(50-62-56(59)47-41-35-30-24-26-32-38-44-52(4)5)49-61-55(58)46-40-34-28-22-18-14-10-8-12-16-20-25-31-37-43-51(2)3/h51-54H,7-50H2,1-6H3/t53?,54-/m0/s1. The van der Waals surface area contributed by atoms with Gasteiger partial charge < -0.3 is 14.2 Å². The number of unbranched alkanes of at least 4 members (excludes halogenated alkanes) is 32. The summed E-state index contributed by atoms with van der Waals surface area (Å²) in [5.41, 5.74) is 0. The molecule has 0 rings (SSSR count). The zero-order valence-electron chi connectivity index (χ0n) is 43.4. The SMILES string of the molecule is CCC(C)CCCCCCCCCCCCCCCCC(=O)O[C@@H](COC(=O)CCCCCCCCCCCCCCCCC(C)C)COC(=O)CCCCCCCCCC(C)C. The Hall–Kier alpha value is -1.59. The van der Waals surface area contributed by atoms with Crippen molar-refractivity contribution in [2.24, 2.45) is 17.8 Å². The summed E-state index contributed by atoms with van der Waals surface area (Å²) < 4.78 is 16.9. The van der Waals surface area contributed by atoms with Crippen LogP contribution in [0.3, 0.4) is 0 Å². The highest BCUT2D eigenvalue weighted by Crippen LogP contribution is 2.19. The minimum Gasteiger partial charge on any atom is -0.462 e. The first kappa shape index (κ1) is 61.4. The molecule has 0 fully saturated rings. The van der Waals surface area contributed by atoms with Crippen LogP contribution < -0.4 is 0 Å². The van der Waals surface area contributed by atoms with Crippen molar-refractivity contribution in [3.63, 3.8) is 0 Å². The highest BCUT2D eigenvalue weighted by molar-refractivity contribution is 5.71. The summed E-state index contributed by atoms with van der Waals surface area (Å²) in [7, 11) is 0. The Bertz CT molecular complexity index is 978. The van der Waals surface area contributed by atoms with Crippen LogP contribution in [-0.2, 0) is 28.6 Å². The van der Waals surface area contributed by atoms with Gasteiger partial charge in [-0.25, -0.2) is 0 Å².